The molecule has 0 unspecified atom stereocenters. The summed E-state index contributed by atoms with van der Waals surface area (Å²) in [7, 11) is -2.31. The fourth-order valence-electron chi connectivity index (χ4n) is 2.78. The van der Waals surface area contributed by atoms with Crippen LogP contribution in [0.2, 0.25) is 0 Å². The molecule has 0 spiro atoms. The summed E-state index contributed by atoms with van der Waals surface area (Å²) in [5, 5.41) is 2.00. The largest absolute Gasteiger partial charge is 0.497 e. The summed E-state index contributed by atoms with van der Waals surface area (Å²) >= 11 is 1.60. The Kier molecular flexibility index (Phi) is 6.30. The van der Waals surface area contributed by atoms with Crippen LogP contribution in [-0.2, 0) is 32.4 Å². The van der Waals surface area contributed by atoms with Crippen LogP contribution in [0.3, 0.4) is 0 Å². The highest BCUT2D eigenvalue weighted by Gasteiger charge is 2.27. The number of sulfonamides is 1. The summed E-state index contributed by atoms with van der Waals surface area (Å²) in [6.07, 6.45) is 5.03. The van der Waals surface area contributed by atoms with Gasteiger partial charge in [-0.15, -0.1) is 11.3 Å². The molecule has 1 aromatic heterocycles. The Morgan fingerprint density at radius 1 is 1.15 bits per heavy atom. The average molecular weight is 408 g/mol. The molecule has 0 bridgehead atoms. The number of thiophene rings is 1. The van der Waals surface area contributed by atoms with Crippen LogP contribution >= 0.6 is 11.3 Å². The molecule has 6 nitrogen and oxygen atoms in total. The van der Waals surface area contributed by atoms with Crippen molar-refractivity contribution in [1.82, 2.24) is 4.31 Å². The standard InChI is InChI=1S/C19H21NO5S2/c1-24-16-5-7-17(8-6-16)27(22,23)20-11-9-18-15(10-13-26-18)4-2-3-12-25-19(21)14-20/h2-3,5-8,10,13H,4,9,11-12,14H2,1H3/b3-2-. The minimum atomic E-state index is -3.83. The van der Waals surface area contributed by atoms with Crippen molar-refractivity contribution in [2.24, 2.45) is 0 Å². The zero-order valence-corrected chi connectivity index (χ0v) is 16.6. The predicted octanol–water partition coefficient (Wildman–Crippen LogP) is 2.65. The van der Waals surface area contributed by atoms with Crippen LogP contribution in [0.15, 0.2) is 52.8 Å². The Morgan fingerprint density at radius 2 is 1.93 bits per heavy atom. The number of carbonyl (C=O) groups is 1. The van der Waals surface area contributed by atoms with E-state index in [0.717, 1.165) is 11.3 Å². The molecule has 27 heavy (non-hydrogen) atoms. The Balaban J connectivity index is 1.88. The van der Waals surface area contributed by atoms with Crippen molar-refractivity contribution >= 4 is 27.3 Å². The van der Waals surface area contributed by atoms with Gasteiger partial charge in [-0.25, -0.2) is 8.42 Å². The van der Waals surface area contributed by atoms with E-state index in [0.29, 0.717) is 12.2 Å². The van der Waals surface area contributed by atoms with Crippen LogP contribution in [0.4, 0.5) is 0 Å². The molecule has 3 rings (SSSR count). The number of benzene rings is 1. The van der Waals surface area contributed by atoms with Crippen LogP contribution in [-0.4, -0.2) is 45.5 Å². The lowest BCUT2D eigenvalue weighted by Gasteiger charge is -2.22. The second-order valence-corrected chi connectivity index (χ2v) is 8.93. The Hall–Kier alpha value is -2.16. The van der Waals surface area contributed by atoms with Crippen LogP contribution < -0.4 is 4.74 Å². The van der Waals surface area contributed by atoms with E-state index in [4.69, 9.17) is 9.47 Å². The van der Waals surface area contributed by atoms with Crippen molar-refractivity contribution < 1.29 is 22.7 Å². The molecule has 0 saturated carbocycles. The number of esters is 1. The Bertz CT molecular complexity index is 916. The summed E-state index contributed by atoms with van der Waals surface area (Å²) in [6.45, 7) is 0.0261. The maximum absolute atomic E-state index is 13.1. The van der Waals surface area contributed by atoms with Gasteiger partial charge in [0.05, 0.1) is 12.0 Å². The van der Waals surface area contributed by atoms with Gasteiger partial charge in [0.25, 0.3) is 0 Å². The fraction of sp³-hybridized carbons (Fsp3) is 0.316. The maximum Gasteiger partial charge on any atom is 0.321 e. The van der Waals surface area contributed by atoms with E-state index in [-0.39, 0.29) is 24.6 Å². The lowest BCUT2D eigenvalue weighted by Crippen LogP contribution is -2.38. The number of fused-ring (bicyclic) bond motifs is 1. The maximum atomic E-state index is 13.1. The van der Waals surface area contributed by atoms with Gasteiger partial charge in [0.15, 0.2) is 0 Å². The van der Waals surface area contributed by atoms with E-state index >= 15 is 0 Å². The third kappa shape index (κ3) is 4.77. The predicted molar refractivity (Wildman–Crippen MR) is 104 cm³/mol. The van der Waals surface area contributed by atoms with Crippen molar-refractivity contribution in [1.29, 1.82) is 0 Å². The second kappa shape index (κ2) is 8.69. The molecule has 1 aliphatic rings. The summed E-state index contributed by atoms with van der Waals surface area (Å²) < 4.78 is 37.5. The minimum Gasteiger partial charge on any atom is -0.497 e. The molecular formula is C19H21NO5S2. The first-order valence-corrected chi connectivity index (χ1v) is 10.8. The fourth-order valence-corrected chi connectivity index (χ4v) is 5.08. The normalized spacial score (nSPS) is 17.9. The molecule has 0 atom stereocenters. The first kappa shape index (κ1) is 19.6. The molecule has 1 aliphatic heterocycles. The Labute approximate surface area is 163 Å². The molecule has 8 heteroatoms. The highest BCUT2D eigenvalue weighted by Crippen LogP contribution is 2.23. The van der Waals surface area contributed by atoms with E-state index < -0.39 is 16.0 Å². The quantitative estimate of drug-likeness (QED) is 0.578. The van der Waals surface area contributed by atoms with Gasteiger partial charge in [-0.3, -0.25) is 4.79 Å². The number of methoxy groups -OCH3 is 1. The molecule has 0 saturated heterocycles. The molecule has 0 radical (unpaired) electrons. The van der Waals surface area contributed by atoms with Gasteiger partial charge in [-0.2, -0.15) is 4.31 Å². The van der Waals surface area contributed by atoms with E-state index in [1.54, 1.807) is 29.5 Å². The summed E-state index contributed by atoms with van der Waals surface area (Å²) in [4.78, 5) is 13.4. The van der Waals surface area contributed by atoms with E-state index in [2.05, 4.69) is 0 Å². The third-order valence-corrected chi connectivity index (χ3v) is 7.16. The highest BCUT2D eigenvalue weighted by molar-refractivity contribution is 7.89. The van der Waals surface area contributed by atoms with Gasteiger partial charge in [-0.05, 0) is 54.1 Å². The smallest absolute Gasteiger partial charge is 0.321 e. The second-order valence-electron chi connectivity index (χ2n) is 5.99. The molecule has 2 aromatic rings. The minimum absolute atomic E-state index is 0.120. The molecule has 0 amide bonds. The van der Waals surface area contributed by atoms with Gasteiger partial charge in [0.2, 0.25) is 10.0 Å². The van der Waals surface area contributed by atoms with E-state index in [1.807, 2.05) is 17.5 Å². The zero-order valence-electron chi connectivity index (χ0n) is 15.0. The molecule has 1 aromatic carbocycles. The number of nitrogens with zero attached hydrogens (tertiary/aromatic N) is 1. The number of hydrogen-bond acceptors (Lipinski definition) is 6. The number of cyclic esters (lactones) is 1. The monoisotopic (exact) mass is 407 g/mol. The highest BCUT2D eigenvalue weighted by atomic mass is 32.2. The van der Waals surface area contributed by atoms with Crippen LogP contribution in [0.25, 0.3) is 0 Å². The topological polar surface area (TPSA) is 72.9 Å². The first-order chi connectivity index (χ1) is 13.0. The third-order valence-electron chi connectivity index (χ3n) is 4.27. The number of allylic oxidation sites excluding steroid dienone is 1. The average Bonchev–Trinajstić information content (AvgIpc) is 3.11. The van der Waals surface area contributed by atoms with Crippen LogP contribution in [0, 0.1) is 0 Å². The number of ether oxygens (including phenoxy) is 2. The van der Waals surface area contributed by atoms with Crippen LogP contribution in [0.5, 0.6) is 5.75 Å². The van der Waals surface area contributed by atoms with Gasteiger partial charge in [-0.1, -0.05) is 12.2 Å². The summed E-state index contributed by atoms with van der Waals surface area (Å²) in [6, 6.07) is 8.18. The number of carbonyl (C=O) groups excluding carboxylic acids is 1. The van der Waals surface area contributed by atoms with E-state index in [1.165, 1.54) is 29.1 Å². The van der Waals surface area contributed by atoms with Crippen molar-refractivity contribution in [2.75, 3.05) is 26.8 Å². The first-order valence-electron chi connectivity index (χ1n) is 8.51. The molecule has 0 fully saturated rings. The van der Waals surface area contributed by atoms with Gasteiger partial charge in [0.1, 0.15) is 18.9 Å². The van der Waals surface area contributed by atoms with Gasteiger partial charge < -0.3 is 9.47 Å². The number of rotatable bonds is 3. The summed E-state index contributed by atoms with van der Waals surface area (Å²) in [5.41, 5.74) is 1.17. The number of hydrogen-bond donors (Lipinski definition) is 0. The SMILES string of the molecule is COc1ccc(S(=O)(=O)N2CCc3sccc3C/C=C\COC(=O)C2)cc1. The zero-order chi connectivity index (χ0) is 19.3. The van der Waals surface area contributed by atoms with Gasteiger partial charge in [0, 0.05) is 11.4 Å². The lowest BCUT2D eigenvalue weighted by atomic mass is 10.1. The molecular weight excluding hydrogens is 386 g/mol. The molecule has 0 N–H and O–H groups in total. The van der Waals surface area contributed by atoms with Crippen molar-refractivity contribution in [3.8, 4) is 5.75 Å². The van der Waals surface area contributed by atoms with Gasteiger partial charge >= 0.3 is 5.97 Å². The molecule has 0 aliphatic carbocycles. The molecule has 144 valence electrons. The van der Waals surface area contributed by atoms with Crippen molar-refractivity contribution in [3.63, 3.8) is 0 Å². The van der Waals surface area contributed by atoms with Crippen molar-refractivity contribution in [3.05, 3.63) is 58.3 Å². The van der Waals surface area contributed by atoms with Crippen LogP contribution in [0.1, 0.15) is 10.4 Å². The Morgan fingerprint density at radius 3 is 2.67 bits per heavy atom. The van der Waals surface area contributed by atoms with Crippen molar-refractivity contribution in [2.45, 2.75) is 17.7 Å². The van der Waals surface area contributed by atoms with E-state index in [9.17, 15) is 13.2 Å². The lowest BCUT2D eigenvalue weighted by molar-refractivity contribution is -0.142. The summed E-state index contributed by atoms with van der Waals surface area (Å²) in [5.74, 6) is 0.000721. The molecule has 2 heterocycles.